The van der Waals surface area contributed by atoms with Crippen LogP contribution in [0.3, 0.4) is 0 Å². The lowest BCUT2D eigenvalue weighted by atomic mass is 10.1. The Labute approximate surface area is 163 Å². The summed E-state index contributed by atoms with van der Waals surface area (Å²) in [5.74, 6) is 0.597. The molecule has 4 aromatic rings. The lowest BCUT2D eigenvalue weighted by molar-refractivity contribution is 0.414. The van der Waals surface area contributed by atoms with E-state index in [2.05, 4.69) is 9.71 Å². The molecular formula is C21H19N3O3S. The first-order chi connectivity index (χ1) is 13.5. The van der Waals surface area contributed by atoms with E-state index in [9.17, 15) is 8.42 Å². The fraction of sp³-hybridized carbons (Fsp3) is 0.0952. The van der Waals surface area contributed by atoms with Gasteiger partial charge in [-0.1, -0.05) is 24.3 Å². The van der Waals surface area contributed by atoms with Gasteiger partial charge in [0.15, 0.2) is 0 Å². The second kappa shape index (κ2) is 7.01. The van der Waals surface area contributed by atoms with Crippen LogP contribution in [0, 0.1) is 6.92 Å². The van der Waals surface area contributed by atoms with Crippen molar-refractivity contribution in [1.29, 1.82) is 0 Å². The molecule has 0 aliphatic heterocycles. The van der Waals surface area contributed by atoms with Crippen molar-refractivity contribution in [3.8, 4) is 17.0 Å². The number of para-hydroxylation sites is 1. The van der Waals surface area contributed by atoms with Crippen LogP contribution in [0.25, 0.3) is 16.9 Å². The van der Waals surface area contributed by atoms with Gasteiger partial charge in [0.2, 0.25) is 0 Å². The van der Waals surface area contributed by atoms with Gasteiger partial charge >= 0.3 is 0 Å². The molecule has 2 heterocycles. The Bertz CT molecular complexity index is 1250. The van der Waals surface area contributed by atoms with E-state index in [-0.39, 0.29) is 4.90 Å². The summed E-state index contributed by atoms with van der Waals surface area (Å²) in [5.41, 5.74) is 3.76. The Morgan fingerprint density at radius 2 is 1.75 bits per heavy atom. The first-order valence-corrected chi connectivity index (χ1v) is 10.2. The maximum absolute atomic E-state index is 12.8. The first kappa shape index (κ1) is 18.1. The molecule has 7 heteroatoms. The number of hydrogen-bond acceptors (Lipinski definition) is 4. The number of benzene rings is 2. The number of fused-ring (bicyclic) bond motifs is 1. The van der Waals surface area contributed by atoms with E-state index in [0.29, 0.717) is 22.7 Å². The van der Waals surface area contributed by atoms with E-state index in [0.717, 1.165) is 11.2 Å². The second-order valence-corrected chi connectivity index (χ2v) is 8.06. The molecule has 0 fully saturated rings. The highest BCUT2D eigenvalue weighted by atomic mass is 32.2. The van der Waals surface area contributed by atoms with E-state index in [1.807, 2.05) is 48.0 Å². The molecule has 0 saturated carbocycles. The summed E-state index contributed by atoms with van der Waals surface area (Å²) >= 11 is 0. The van der Waals surface area contributed by atoms with Gasteiger partial charge in [0, 0.05) is 18.0 Å². The Morgan fingerprint density at radius 1 is 1.00 bits per heavy atom. The van der Waals surface area contributed by atoms with Crippen molar-refractivity contribution < 1.29 is 13.2 Å². The lowest BCUT2D eigenvalue weighted by Crippen LogP contribution is -2.13. The molecule has 28 heavy (non-hydrogen) atoms. The van der Waals surface area contributed by atoms with Gasteiger partial charge in [-0.05, 0) is 48.9 Å². The number of imidazole rings is 1. The fourth-order valence-electron chi connectivity index (χ4n) is 3.04. The minimum atomic E-state index is -3.75. The van der Waals surface area contributed by atoms with Gasteiger partial charge in [0.25, 0.3) is 10.0 Å². The Hall–Kier alpha value is -3.32. The number of aryl methyl sites for hydroxylation is 1. The summed E-state index contributed by atoms with van der Waals surface area (Å²) in [6, 6.07) is 17.4. The number of hydrogen-bond donors (Lipinski definition) is 1. The molecule has 4 rings (SSSR count). The van der Waals surface area contributed by atoms with Crippen LogP contribution in [-0.2, 0) is 10.0 Å². The number of sulfonamides is 1. The van der Waals surface area contributed by atoms with Crippen molar-refractivity contribution in [3.63, 3.8) is 0 Å². The maximum atomic E-state index is 12.8. The maximum Gasteiger partial charge on any atom is 0.261 e. The largest absolute Gasteiger partial charge is 0.497 e. The first-order valence-electron chi connectivity index (χ1n) is 8.68. The van der Waals surface area contributed by atoms with Crippen LogP contribution in [0.15, 0.2) is 78.0 Å². The quantitative estimate of drug-likeness (QED) is 0.554. The molecule has 0 saturated heterocycles. The number of nitrogens with one attached hydrogen (secondary N) is 1. The average molecular weight is 393 g/mol. The van der Waals surface area contributed by atoms with Gasteiger partial charge in [0.1, 0.15) is 11.4 Å². The number of aromatic nitrogens is 2. The van der Waals surface area contributed by atoms with Crippen molar-refractivity contribution in [2.45, 2.75) is 11.8 Å². The molecule has 0 bridgehead atoms. The number of ether oxygens (including phenoxy) is 1. The summed E-state index contributed by atoms with van der Waals surface area (Å²) < 4.78 is 35.4. The minimum Gasteiger partial charge on any atom is -0.497 e. The zero-order chi connectivity index (χ0) is 19.7. The number of methoxy groups -OCH3 is 1. The molecule has 142 valence electrons. The summed E-state index contributed by atoms with van der Waals surface area (Å²) in [6.07, 6.45) is 3.81. The van der Waals surface area contributed by atoms with Crippen molar-refractivity contribution in [3.05, 3.63) is 78.6 Å². The highest BCUT2D eigenvalue weighted by Gasteiger charge is 2.18. The third kappa shape index (κ3) is 3.32. The molecular weight excluding hydrogens is 374 g/mol. The van der Waals surface area contributed by atoms with E-state index >= 15 is 0 Å². The molecule has 0 amide bonds. The zero-order valence-corrected chi connectivity index (χ0v) is 16.3. The highest BCUT2D eigenvalue weighted by Crippen LogP contribution is 2.30. The Morgan fingerprint density at radius 3 is 2.46 bits per heavy atom. The van der Waals surface area contributed by atoms with Crippen LogP contribution in [0.5, 0.6) is 5.75 Å². The summed E-state index contributed by atoms with van der Waals surface area (Å²) in [6.45, 7) is 1.99. The number of nitrogens with zero attached hydrogens (tertiary/aromatic N) is 2. The highest BCUT2D eigenvalue weighted by molar-refractivity contribution is 7.92. The SMILES string of the molecule is COc1ccc(S(=O)(=O)Nc2ccccc2-c2cn3cccc(C)c3n2)cc1. The summed E-state index contributed by atoms with van der Waals surface area (Å²) in [5, 5.41) is 0. The standard InChI is InChI=1S/C21H19N3O3S/c1-15-6-5-13-24-14-20(22-21(15)24)18-7-3-4-8-19(18)23-28(25,26)17-11-9-16(27-2)10-12-17/h3-14,23H,1-2H3. The molecule has 2 aromatic heterocycles. The smallest absolute Gasteiger partial charge is 0.261 e. The molecule has 0 aliphatic carbocycles. The van der Waals surface area contributed by atoms with Crippen LogP contribution >= 0.6 is 0 Å². The topological polar surface area (TPSA) is 72.7 Å². The van der Waals surface area contributed by atoms with Crippen LogP contribution in [-0.4, -0.2) is 24.9 Å². The molecule has 6 nitrogen and oxygen atoms in total. The Balaban J connectivity index is 1.73. The van der Waals surface area contributed by atoms with Crippen molar-refractivity contribution in [1.82, 2.24) is 9.38 Å². The van der Waals surface area contributed by atoms with Crippen LogP contribution in [0.2, 0.25) is 0 Å². The average Bonchev–Trinajstić information content (AvgIpc) is 3.14. The lowest BCUT2D eigenvalue weighted by Gasteiger charge is -2.12. The van der Waals surface area contributed by atoms with Crippen molar-refractivity contribution in [2.24, 2.45) is 0 Å². The molecule has 0 spiro atoms. The van der Waals surface area contributed by atoms with Gasteiger partial charge < -0.3 is 9.14 Å². The monoisotopic (exact) mass is 393 g/mol. The molecule has 0 radical (unpaired) electrons. The molecule has 1 N–H and O–H groups in total. The van der Waals surface area contributed by atoms with Gasteiger partial charge in [-0.3, -0.25) is 4.72 Å². The third-order valence-electron chi connectivity index (χ3n) is 4.49. The fourth-order valence-corrected chi connectivity index (χ4v) is 4.12. The van der Waals surface area contributed by atoms with E-state index in [4.69, 9.17) is 4.74 Å². The Kier molecular flexibility index (Phi) is 4.52. The molecule has 0 atom stereocenters. The minimum absolute atomic E-state index is 0.161. The number of rotatable bonds is 5. The predicted molar refractivity (Wildman–Crippen MR) is 109 cm³/mol. The summed E-state index contributed by atoms with van der Waals surface area (Å²) in [4.78, 5) is 4.84. The van der Waals surface area contributed by atoms with Gasteiger partial charge in [-0.25, -0.2) is 13.4 Å². The van der Waals surface area contributed by atoms with E-state index < -0.39 is 10.0 Å². The number of anilines is 1. The normalized spacial score (nSPS) is 11.5. The molecule has 0 aliphatic rings. The predicted octanol–water partition coefficient (Wildman–Crippen LogP) is 4.12. The van der Waals surface area contributed by atoms with Crippen molar-refractivity contribution >= 4 is 21.4 Å². The second-order valence-electron chi connectivity index (χ2n) is 6.37. The van der Waals surface area contributed by atoms with Crippen LogP contribution in [0.1, 0.15) is 5.56 Å². The van der Waals surface area contributed by atoms with Gasteiger partial charge in [-0.15, -0.1) is 0 Å². The third-order valence-corrected chi connectivity index (χ3v) is 5.88. The molecule has 0 unspecified atom stereocenters. The van der Waals surface area contributed by atoms with Crippen molar-refractivity contribution in [2.75, 3.05) is 11.8 Å². The van der Waals surface area contributed by atoms with Gasteiger partial charge in [0.05, 0.1) is 23.4 Å². The van der Waals surface area contributed by atoms with Gasteiger partial charge in [-0.2, -0.15) is 0 Å². The number of pyridine rings is 1. The zero-order valence-electron chi connectivity index (χ0n) is 15.5. The van der Waals surface area contributed by atoms with E-state index in [1.165, 1.54) is 19.2 Å². The van der Waals surface area contributed by atoms with Crippen LogP contribution in [0.4, 0.5) is 5.69 Å². The van der Waals surface area contributed by atoms with Crippen LogP contribution < -0.4 is 9.46 Å². The summed E-state index contributed by atoms with van der Waals surface area (Å²) in [7, 11) is -2.21. The molecule has 2 aromatic carbocycles. The van der Waals surface area contributed by atoms with E-state index in [1.54, 1.807) is 24.3 Å².